The largest absolute Gasteiger partial charge is 0.465 e. The zero-order valence-electron chi connectivity index (χ0n) is 19.7. The number of nitriles is 1. The van der Waals surface area contributed by atoms with Crippen molar-refractivity contribution in [2.75, 3.05) is 24.5 Å². The number of benzene rings is 1. The molecule has 12 heteroatoms. The van der Waals surface area contributed by atoms with Crippen LogP contribution in [0.3, 0.4) is 0 Å². The van der Waals surface area contributed by atoms with Crippen molar-refractivity contribution >= 4 is 43.9 Å². The summed E-state index contributed by atoms with van der Waals surface area (Å²) in [5.74, 6) is 0.677. The molecule has 3 heterocycles. The molecule has 1 unspecified atom stereocenters. The topological polar surface area (TPSA) is 155 Å². The van der Waals surface area contributed by atoms with Crippen LogP contribution in [0.4, 0.5) is 10.6 Å². The third-order valence-corrected chi connectivity index (χ3v) is 8.40. The summed E-state index contributed by atoms with van der Waals surface area (Å²) >= 11 is 0. The minimum absolute atomic E-state index is 0.0652. The van der Waals surface area contributed by atoms with Gasteiger partial charge in [-0.2, -0.15) is 9.98 Å². The van der Waals surface area contributed by atoms with E-state index in [0.717, 1.165) is 10.8 Å². The summed E-state index contributed by atoms with van der Waals surface area (Å²) in [6, 6.07) is 6.58. The highest BCUT2D eigenvalue weighted by atomic mass is 32.2. The number of sulfonamides is 1. The number of fused-ring (bicyclic) bond motifs is 3. The molecule has 2 fully saturated rings. The van der Waals surface area contributed by atoms with Gasteiger partial charge < -0.3 is 19.9 Å². The van der Waals surface area contributed by atoms with Gasteiger partial charge in [0.05, 0.1) is 22.4 Å². The molecule has 35 heavy (non-hydrogen) atoms. The summed E-state index contributed by atoms with van der Waals surface area (Å²) in [7, 11) is -3.87. The van der Waals surface area contributed by atoms with Gasteiger partial charge in [0, 0.05) is 30.5 Å². The number of rotatable bonds is 4. The van der Waals surface area contributed by atoms with E-state index in [1.807, 2.05) is 26.8 Å². The Morgan fingerprint density at radius 3 is 2.66 bits per heavy atom. The third-order valence-electron chi connectivity index (χ3n) is 6.87. The van der Waals surface area contributed by atoms with Gasteiger partial charge in [-0.25, -0.2) is 23.2 Å². The number of nitrogens with one attached hydrogen (secondary N) is 2. The third kappa shape index (κ3) is 4.04. The Balaban J connectivity index is 1.54. The highest BCUT2D eigenvalue weighted by Crippen LogP contribution is 2.38. The quantitative estimate of drug-likeness (QED) is 0.497. The number of aromatic nitrogens is 3. The molecule has 11 nitrogen and oxygen atoms in total. The Morgan fingerprint density at radius 1 is 1.29 bits per heavy atom. The molecule has 1 aliphatic heterocycles. The first-order valence-corrected chi connectivity index (χ1v) is 12.9. The van der Waals surface area contributed by atoms with Crippen LogP contribution in [0.15, 0.2) is 29.4 Å². The summed E-state index contributed by atoms with van der Waals surface area (Å²) in [6.45, 7) is 7.36. The molecule has 1 aromatic carbocycles. The van der Waals surface area contributed by atoms with Gasteiger partial charge >= 0.3 is 6.09 Å². The van der Waals surface area contributed by atoms with E-state index in [1.165, 1.54) is 23.4 Å². The maximum atomic E-state index is 12.9. The van der Waals surface area contributed by atoms with E-state index in [9.17, 15) is 23.6 Å². The highest BCUT2D eigenvalue weighted by molar-refractivity contribution is 7.89. The Morgan fingerprint density at radius 2 is 2.03 bits per heavy atom. The van der Waals surface area contributed by atoms with Crippen LogP contribution in [0.2, 0.25) is 0 Å². The smallest absolute Gasteiger partial charge is 0.407 e. The molecule has 0 spiro atoms. The lowest BCUT2D eigenvalue weighted by Crippen LogP contribution is -2.59. The number of carbonyl (C=O) groups is 1. The number of aromatic amines is 1. The lowest BCUT2D eigenvalue weighted by molar-refractivity contribution is 0.0747. The van der Waals surface area contributed by atoms with Crippen LogP contribution in [-0.2, 0) is 10.0 Å². The number of nitrogens with zero attached hydrogens (tertiary/aromatic N) is 5. The van der Waals surface area contributed by atoms with Crippen molar-refractivity contribution in [1.29, 1.82) is 5.26 Å². The summed E-state index contributed by atoms with van der Waals surface area (Å²) < 4.78 is 28.3. The molecule has 1 saturated carbocycles. The van der Waals surface area contributed by atoms with Gasteiger partial charge in [-0.3, -0.25) is 0 Å². The minimum atomic E-state index is -3.87. The summed E-state index contributed by atoms with van der Waals surface area (Å²) in [5, 5.41) is 20.5. The Kier molecular flexibility index (Phi) is 5.19. The van der Waals surface area contributed by atoms with Gasteiger partial charge in [-0.1, -0.05) is 26.8 Å². The summed E-state index contributed by atoms with van der Waals surface area (Å²) in [5.41, 5.74) is -0.129. The second-order valence-corrected chi connectivity index (χ2v) is 12.0. The average molecular weight is 498 g/mol. The highest BCUT2D eigenvalue weighted by Gasteiger charge is 2.47. The van der Waals surface area contributed by atoms with Crippen LogP contribution in [0.1, 0.15) is 33.6 Å². The predicted octanol–water partition coefficient (Wildman–Crippen LogP) is 2.66. The second-order valence-electron chi connectivity index (χ2n) is 10.4. The first-order chi connectivity index (χ1) is 16.4. The number of hydrogen-bond donors (Lipinski definition) is 3. The Labute approximate surface area is 202 Å². The lowest BCUT2D eigenvalue weighted by atomic mass is 9.84. The number of anilines is 1. The molecule has 0 bridgehead atoms. The molecule has 3 N–H and O–H groups in total. The van der Waals surface area contributed by atoms with Crippen molar-refractivity contribution in [3.8, 4) is 6.07 Å². The van der Waals surface area contributed by atoms with Crippen LogP contribution in [0.25, 0.3) is 21.9 Å². The van der Waals surface area contributed by atoms with Crippen molar-refractivity contribution in [3.63, 3.8) is 0 Å². The van der Waals surface area contributed by atoms with E-state index in [0.29, 0.717) is 49.5 Å². The molecule has 184 valence electrons. The average Bonchev–Trinajstić information content (AvgIpc) is 3.46. The van der Waals surface area contributed by atoms with Gasteiger partial charge in [0.25, 0.3) is 0 Å². The molecule has 1 amide bonds. The zero-order chi connectivity index (χ0) is 25.2. The molecule has 5 rings (SSSR count). The van der Waals surface area contributed by atoms with Crippen molar-refractivity contribution in [3.05, 3.63) is 24.5 Å². The van der Waals surface area contributed by atoms with Crippen LogP contribution in [-0.4, -0.2) is 70.7 Å². The van der Waals surface area contributed by atoms with Gasteiger partial charge in [-0.15, -0.1) is 0 Å². The normalized spacial score (nSPS) is 20.2. The molecular weight excluding hydrogens is 470 g/mol. The maximum Gasteiger partial charge on any atom is 0.407 e. The monoisotopic (exact) mass is 497 g/mol. The van der Waals surface area contributed by atoms with Gasteiger partial charge in [0.1, 0.15) is 23.3 Å². The molecule has 1 atom stereocenters. The summed E-state index contributed by atoms with van der Waals surface area (Å²) in [6.07, 6.45) is 1.52. The molecular formula is C23H27N7O4S. The van der Waals surface area contributed by atoms with E-state index >= 15 is 0 Å². The fourth-order valence-electron chi connectivity index (χ4n) is 4.72. The molecule has 0 radical (unpaired) electrons. The molecule has 1 aliphatic carbocycles. The molecule has 1 saturated heterocycles. The van der Waals surface area contributed by atoms with Crippen LogP contribution >= 0.6 is 0 Å². The number of piperazine rings is 1. The minimum Gasteiger partial charge on any atom is -0.465 e. The van der Waals surface area contributed by atoms with E-state index in [4.69, 9.17) is 0 Å². The maximum absolute atomic E-state index is 12.9. The fourth-order valence-corrected chi connectivity index (χ4v) is 6.12. The summed E-state index contributed by atoms with van der Waals surface area (Å²) in [4.78, 5) is 27.5. The van der Waals surface area contributed by atoms with E-state index < -0.39 is 21.7 Å². The van der Waals surface area contributed by atoms with E-state index in [-0.39, 0.29) is 16.4 Å². The zero-order valence-corrected chi connectivity index (χ0v) is 20.6. The first-order valence-electron chi connectivity index (χ1n) is 11.4. The number of carboxylic acid groups (broad SMARTS) is 1. The van der Waals surface area contributed by atoms with E-state index in [2.05, 4.69) is 24.6 Å². The number of H-pyrrole nitrogens is 1. The lowest BCUT2D eigenvalue weighted by Gasteiger charge is -2.46. The van der Waals surface area contributed by atoms with Crippen LogP contribution < -0.4 is 9.62 Å². The van der Waals surface area contributed by atoms with Gasteiger partial charge in [-0.05, 0) is 30.4 Å². The van der Waals surface area contributed by atoms with Crippen molar-refractivity contribution in [2.45, 2.75) is 50.1 Å². The van der Waals surface area contributed by atoms with E-state index in [1.54, 1.807) is 6.07 Å². The number of amides is 1. The first kappa shape index (κ1) is 23.3. The Hall–Kier alpha value is -3.43. The molecule has 2 aliphatic rings. The molecule has 3 aromatic rings. The predicted molar refractivity (Wildman–Crippen MR) is 129 cm³/mol. The van der Waals surface area contributed by atoms with Crippen molar-refractivity contribution in [2.24, 2.45) is 5.41 Å². The van der Waals surface area contributed by atoms with Gasteiger partial charge in [0.2, 0.25) is 10.0 Å². The van der Waals surface area contributed by atoms with Crippen LogP contribution in [0.5, 0.6) is 0 Å². The number of hydrogen-bond acceptors (Lipinski definition) is 7. The van der Waals surface area contributed by atoms with Crippen molar-refractivity contribution in [1.82, 2.24) is 24.6 Å². The fraction of sp³-hybridized carbons (Fsp3) is 0.478. The van der Waals surface area contributed by atoms with Crippen LogP contribution in [0, 0.1) is 16.7 Å². The second kappa shape index (κ2) is 7.79. The van der Waals surface area contributed by atoms with Crippen molar-refractivity contribution < 1.29 is 18.3 Å². The SMILES string of the molecule is CC(C)(C)C1CN(c2ncnc3[nH]c4cc(S(=O)(=O)NC5(C#N)CC5)ccc4c23)CCN1C(=O)O. The molecule has 2 aromatic heterocycles. The standard InChI is InChI=1S/C23H27N7O4S/c1-22(2,3)17-11-29(8-9-30(17)21(31)32)20-18-15-5-4-14(10-16(15)27-19(18)25-13-26-20)35(33,34)28-23(12-24)6-7-23/h4-5,10,13,17,28H,6-9,11H2,1-3H3,(H,31,32)(H,25,26,27). The van der Waals surface area contributed by atoms with Gasteiger partial charge in [0.15, 0.2) is 0 Å². The Bertz CT molecular complexity index is 1480.